The van der Waals surface area contributed by atoms with Crippen LogP contribution < -0.4 is 5.32 Å². The van der Waals surface area contributed by atoms with Crippen molar-refractivity contribution in [2.45, 2.75) is 32.2 Å². The predicted molar refractivity (Wildman–Crippen MR) is 98.7 cm³/mol. The minimum Gasteiger partial charge on any atom is -0.394 e. The second kappa shape index (κ2) is 11.9. The Kier molecular flexibility index (Phi) is 10.5. The number of aliphatic hydroxyl groups is 1. The number of benzene rings is 1. The molecule has 0 aromatic heterocycles. The second-order valence-electron chi connectivity index (χ2n) is 5.36. The summed E-state index contributed by atoms with van der Waals surface area (Å²) in [5, 5.41) is 12.4. The summed E-state index contributed by atoms with van der Waals surface area (Å²) in [4.78, 5) is 12.4. The SMILES string of the molecule is CCCSCC[C@@H](CO)NC(=O)[C@H](CS)Cc1ccccc1. The fourth-order valence-corrected chi connectivity index (χ4v) is 3.38. The molecule has 1 amide bonds. The van der Waals surface area contributed by atoms with Gasteiger partial charge in [-0.3, -0.25) is 4.79 Å². The van der Waals surface area contributed by atoms with Gasteiger partial charge in [0.15, 0.2) is 0 Å². The van der Waals surface area contributed by atoms with Gasteiger partial charge in [0.25, 0.3) is 0 Å². The Hall–Kier alpha value is -0.650. The molecule has 0 aliphatic carbocycles. The third kappa shape index (κ3) is 7.56. The van der Waals surface area contributed by atoms with Crippen molar-refractivity contribution in [1.82, 2.24) is 5.32 Å². The Morgan fingerprint density at radius 2 is 2.05 bits per heavy atom. The Morgan fingerprint density at radius 3 is 2.64 bits per heavy atom. The quantitative estimate of drug-likeness (QED) is 0.428. The molecule has 0 saturated heterocycles. The van der Waals surface area contributed by atoms with E-state index in [0.717, 1.165) is 29.9 Å². The van der Waals surface area contributed by atoms with Crippen molar-refractivity contribution >= 4 is 30.3 Å². The highest BCUT2D eigenvalue weighted by molar-refractivity contribution is 7.99. The number of aliphatic hydroxyl groups excluding tert-OH is 1. The monoisotopic (exact) mass is 341 g/mol. The molecule has 2 N–H and O–H groups in total. The number of thioether (sulfide) groups is 1. The Labute approximate surface area is 143 Å². The summed E-state index contributed by atoms with van der Waals surface area (Å²) in [6, 6.07) is 9.81. The Morgan fingerprint density at radius 1 is 1.32 bits per heavy atom. The summed E-state index contributed by atoms with van der Waals surface area (Å²) in [5.41, 5.74) is 1.13. The van der Waals surface area contributed by atoms with Crippen molar-refractivity contribution < 1.29 is 9.90 Å². The van der Waals surface area contributed by atoms with Gasteiger partial charge in [-0.25, -0.2) is 0 Å². The molecule has 3 nitrogen and oxygen atoms in total. The van der Waals surface area contributed by atoms with Crippen molar-refractivity contribution in [3.63, 3.8) is 0 Å². The van der Waals surface area contributed by atoms with Gasteiger partial charge < -0.3 is 10.4 Å². The number of carbonyl (C=O) groups is 1. The van der Waals surface area contributed by atoms with E-state index in [9.17, 15) is 9.90 Å². The van der Waals surface area contributed by atoms with Crippen LogP contribution in [-0.4, -0.2) is 40.9 Å². The number of carbonyl (C=O) groups excluding carboxylic acids is 1. The summed E-state index contributed by atoms with van der Waals surface area (Å²) >= 11 is 6.17. The lowest BCUT2D eigenvalue weighted by molar-refractivity contribution is -0.125. The maximum Gasteiger partial charge on any atom is 0.224 e. The highest BCUT2D eigenvalue weighted by Gasteiger charge is 2.20. The minimum absolute atomic E-state index is 0.0109. The average Bonchev–Trinajstić information content (AvgIpc) is 2.56. The minimum atomic E-state index is -0.164. The fraction of sp³-hybridized carbons (Fsp3) is 0.588. The third-order valence-corrected chi connectivity index (χ3v) is 5.10. The molecular formula is C17H27NO2S2. The number of nitrogens with one attached hydrogen (secondary N) is 1. The molecule has 1 aromatic carbocycles. The van der Waals surface area contributed by atoms with E-state index >= 15 is 0 Å². The molecule has 0 unspecified atom stereocenters. The van der Waals surface area contributed by atoms with E-state index in [-0.39, 0.29) is 24.5 Å². The summed E-state index contributed by atoms with van der Waals surface area (Å²) in [6.45, 7) is 2.14. The van der Waals surface area contributed by atoms with Crippen LogP contribution in [0.15, 0.2) is 30.3 Å². The average molecular weight is 342 g/mol. The second-order valence-corrected chi connectivity index (χ2v) is 6.95. The first-order chi connectivity index (χ1) is 10.7. The topological polar surface area (TPSA) is 49.3 Å². The maximum absolute atomic E-state index is 12.4. The lowest BCUT2D eigenvalue weighted by Crippen LogP contribution is -2.42. The highest BCUT2D eigenvalue weighted by Crippen LogP contribution is 2.12. The largest absolute Gasteiger partial charge is 0.394 e. The molecule has 22 heavy (non-hydrogen) atoms. The van der Waals surface area contributed by atoms with Gasteiger partial charge in [0, 0.05) is 5.75 Å². The van der Waals surface area contributed by atoms with E-state index in [2.05, 4.69) is 24.9 Å². The molecule has 0 saturated carbocycles. The van der Waals surface area contributed by atoms with E-state index in [1.807, 2.05) is 42.1 Å². The van der Waals surface area contributed by atoms with Crippen molar-refractivity contribution in [2.75, 3.05) is 23.9 Å². The van der Waals surface area contributed by atoms with Gasteiger partial charge in [-0.2, -0.15) is 24.4 Å². The zero-order valence-corrected chi connectivity index (χ0v) is 14.9. The van der Waals surface area contributed by atoms with Crippen LogP contribution in [0.3, 0.4) is 0 Å². The van der Waals surface area contributed by atoms with E-state index in [0.29, 0.717) is 12.2 Å². The van der Waals surface area contributed by atoms with Crippen LogP contribution in [0.4, 0.5) is 0 Å². The van der Waals surface area contributed by atoms with Crippen molar-refractivity contribution in [1.29, 1.82) is 0 Å². The first-order valence-electron chi connectivity index (χ1n) is 7.85. The molecule has 0 bridgehead atoms. The number of thiol groups is 1. The van der Waals surface area contributed by atoms with Crippen LogP contribution in [0.2, 0.25) is 0 Å². The number of hydrogen-bond donors (Lipinski definition) is 3. The zero-order chi connectivity index (χ0) is 16.2. The van der Waals surface area contributed by atoms with E-state index < -0.39 is 0 Å². The molecule has 1 rings (SSSR count). The number of rotatable bonds is 11. The van der Waals surface area contributed by atoms with E-state index in [4.69, 9.17) is 0 Å². The van der Waals surface area contributed by atoms with Gasteiger partial charge in [-0.1, -0.05) is 37.3 Å². The lowest BCUT2D eigenvalue weighted by Gasteiger charge is -2.20. The first kappa shape index (κ1) is 19.4. The van der Waals surface area contributed by atoms with Crippen LogP contribution >= 0.6 is 24.4 Å². The standard InChI is InChI=1S/C17H27NO2S2/c1-2-9-22-10-8-16(12-19)18-17(20)15(13-21)11-14-6-4-3-5-7-14/h3-7,15-16,19,21H,2,8-13H2,1H3,(H,18,20)/t15-,16-/m0/s1. The molecule has 1 aromatic rings. The van der Waals surface area contributed by atoms with Crippen molar-refractivity contribution in [2.24, 2.45) is 5.92 Å². The van der Waals surface area contributed by atoms with Crippen LogP contribution in [-0.2, 0) is 11.2 Å². The van der Waals surface area contributed by atoms with Gasteiger partial charge in [0.05, 0.1) is 18.6 Å². The highest BCUT2D eigenvalue weighted by atomic mass is 32.2. The molecule has 124 valence electrons. The number of hydrogen-bond acceptors (Lipinski definition) is 4. The molecule has 2 atom stereocenters. The Bertz CT molecular complexity index is 414. The summed E-state index contributed by atoms with van der Waals surface area (Å²) in [6.07, 6.45) is 2.63. The van der Waals surface area contributed by atoms with Crippen LogP contribution in [0.25, 0.3) is 0 Å². The molecule has 0 radical (unpaired) electrons. The smallest absolute Gasteiger partial charge is 0.224 e. The molecule has 0 aliphatic heterocycles. The van der Waals surface area contributed by atoms with Crippen LogP contribution in [0.1, 0.15) is 25.3 Å². The first-order valence-corrected chi connectivity index (χ1v) is 9.63. The van der Waals surface area contributed by atoms with Crippen LogP contribution in [0.5, 0.6) is 0 Å². The normalized spacial score (nSPS) is 13.6. The zero-order valence-electron chi connectivity index (χ0n) is 13.2. The van der Waals surface area contributed by atoms with Gasteiger partial charge in [0.2, 0.25) is 5.91 Å². The maximum atomic E-state index is 12.4. The summed E-state index contributed by atoms with van der Waals surface area (Å²) in [5.74, 6) is 2.41. The van der Waals surface area contributed by atoms with E-state index in [1.54, 1.807) is 0 Å². The molecular weight excluding hydrogens is 314 g/mol. The molecule has 0 fully saturated rings. The van der Waals surface area contributed by atoms with Crippen molar-refractivity contribution in [3.05, 3.63) is 35.9 Å². The van der Waals surface area contributed by atoms with Crippen LogP contribution in [0, 0.1) is 5.92 Å². The molecule has 0 heterocycles. The molecule has 0 aliphatic rings. The summed E-state index contributed by atoms with van der Waals surface area (Å²) < 4.78 is 0. The van der Waals surface area contributed by atoms with Crippen molar-refractivity contribution in [3.8, 4) is 0 Å². The lowest BCUT2D eigenvalue weighted by atomic mass is 9.99. The van der Waals surface area contributed by atoms with Gasteiger partial charge in [-0.05, 0) is 36.3 Å². The molecule has 5 heteroatoms. The van der Waals surface area contributed by atoms with E-state index in [1.165, 1.54) is 0 Å². The van der Waals surface area contributed by atoms with Gasteiger partial charge in [-0.15, -0.1) is 0 Å². The predicted octanol–water partition coefficient (Wildman–Crippen LogP) is 2.79. The summed E-state index contributed by atoms with van der Waals surface area (Å²) in [7, 11) is 0. The van der Waals surface area contributed by atoms with Gasteiger partial charge >= 0.3 is 0 Å². The third-order valence-electron chi connectivity index (χ3n) is 3.44. The van der Waals surface area contributed by atoms with Gasteiger partial charge in [0.1, 0.15) is 0 Å². The fourth-order valence-electron chi connectivity index (χ4n) is 2.14. The number of amides is 1. The Balaban J connectivity index is 2.45. The molecule has 0 spiro atoms.